The molecule has 0 unspecified atom stereocenters. The van der Waals surface area contributed by atoms with E-state index in [4.69, 9.17) is 18.9 Å². The number of amides is 1. The van der Waals surface area contributed by atoms with Crippen molar-refractivity contribution in [2.24, 2.45) is 5.92 Å². The normalized spacial score (nSPS) is 14.2. The van der Waals surface area contributed by atoms with Gasteiger partial charge in [-0.3, -0.25) is 14.4 Å². The number of ketones is 1. The first kappa shape index (κ1) is 29.1. The molecule has 43 heavy (non-hydrogen) atoms. The Kier molecular flexibility index (Phi) is 8.81. The summed E-state index contributed by atoms with van der Waals surface area (Å²) < 4.78 is 21.8. The number of aryl methyl sites for hydroxylation is 1. The zero-order valence-corrected chi connectivity index (χ0v) is 23.6. The lowest BCUT2D eigenvalue weighted by molar-refractivity contribution is -0.147. The lowest BCUT2D eigenvalue weighted by atomic mass is 10.1. The topological polar surface area (TPSA) is 108 Å². The smallest absolute Gasteiger partial charge is 0.343 e. The minimum Gasteiger partial charge on any atom is -0.493 e. The van der Waals surface area contributed by atoms with Crippen molar-refractivity contribution in [1.82, 2.24) is 0 Å². The van der Waals surface area contributed by atoms with Gasteiger partial charge in [-0.25, -0.2) is 4.79 Å². The van der Waals surface area contributed by atoms with Crippen LogP contribution in [-0.2, 0) is 14.3 Å². The SMILES string of the molecule is COc1ccccc1Oc1ccc(N2C[C@H](C(=O)OCC(=O)c3ccc(OC(=O)c4ccc(C)cc4)cc3)CC2=O)cc1. The highest BCUT2D eigenvalue weighted by atomic mass is 16.5. The number of methoxy groups -OCH3 is 1. The van der Waals surface area contributed by atoms with Crippen LogP contribution < -0.4 is 19.1 Å². The molecule has 1 atom stereocenters. The molecule has 1 aliphatic rings. The van der Waals surface area contributed by atoms with Crippen molar-refractivity contribution in [1.29, 1.82) is 0 Å². The third kappa shape index (κ3) is 7.08. The average molecular weight is 580 g/mol. The Morgan fingerprint density at radius 3 is 2.09 bits per heavy atom. The fourth-order valence-corrected chi connectivity index (χ4v) is 4.54. The number of esters is 2. The van der Waals surface area contributed by atoms with E-state index in [9.17, 15) is 19.2 Å². The molecule has 0 radical (unpaired) electrons. The van der Waals surface area contributed by atoms with E-state index in [-0.39, 0.29) is 24.6 Å². The molecule has 1 amide bonds. The van der Waals surface area contributed by atoms with Crippen molar-refractivity contribution in [3.63, 3.8) is 0 Å². The molecule has 218 valence electrons. The largest absolute Gasteiger partial charge is 0.493 e. The van der Waals surface area contributed by atoms with Crippen LogP contribution in [0.4, 0.5) is 5.69 Å². The zero-order chi connectivity index (χ0) is 30.3. The van der Waals surface area contributed by atoms with Crippen LogP contribution in [-0.4, -0.2) is 43.9 Å². The average Bonchev–Trinajstić information content (AvgIpc) is 3.42. The van der Waals surface area contributed by atoms with E-state index in [1.54, 1.807) is 55.6 Å². The van der Waals surface area contributed by atoms with Gasteiger partial charge < -0.3 is 23.8 Å². The minimum atomic E-state index is -0.701. The highest BCUT2D eigenvalue weighted by Gasteiger charge is 2.36. The number of para-hydroxylation sites is 2. The number of rotatable bonds is 10. The second kappa shape index (κ2) is 13.0. The number of hydrogen-bond donors (Lipinski definition) is 0. The molecular formula is C34H29NO8. The summed E-state index contributed by atoms with van der Waals surface area (Å²) in [7, 11) is 1.56. The van der Waals surface area contributed by atoms with Crippen LogP contribution in [0.2, 0.25) is 0 Å². The molecule has 1 heterocycles. The van der Waals surface area contributed by atoms with Crippen molar-refractivity contribution in [3.05, 3.63) is 114 Å². The molecule has 4 aromatic rings. The Labute approximate surface area is 248 Å². The summed E-state index contributed by atoms with van der Waals surface area (Å²) in [5, 5.41) is 0. The van der Waals surface area contributed by atoms with Gasteiger partial charge in [0.15, 0.2) is 23.9 Å². The molecular weight excluding hydrogens is 550 g/mol. The quantitative estimate of drug-likeness (QED) is 0.132. The Balaban J connectivity index is 1.11. The monoisotopic (exact) mass is 579 g/mol. The van der Waals surface area contributed by atoms with Crippen LogP contribution in [0.25, 0.3) is 0 Å². The lowest BCUT2D eigenvalue weighted by Gasteiger charge is -2.17. The van der Waals surface area contributed by atoms with Gasteiger partial charge in [0, 0.05) is 24.2 Å². The second-order valence-corrected chi connectivity index (χ2v) is 9.96. The second-order valence-electron chi connectivity index (χ2n) is 9.96. The molecule has 0 bridgehead atoms. The Morgan fingerprint density at radius 1 is 0.791 bits per heavy atom. The van der Waals surface area contributed by atoms with E-state index in [0.29, 0.717) is 34.1 Å². The Bertz CT molecular complexity index is 1630. The fraction of sp³-hybridized carbons (Fsp3) is 0.176. The molecule has 9 heteroatoms. The first-order chi connectivity index (χ1) is 20.8. The van der Waals surface area contributed by atoms with E-state index in [0.717, 1.165) is 5.56 Å². The maximum absolute atomic E-state index is 12.7. The summed E-state index contributed by atoms with van der Waals surface area (Å²) in [6.45, 7) is 1.59. The Morgan fingerprint density at radius 2 is 1.42 bits per heavy atom. The predicted octanol–water partition coefficient (Wildman–Crippen LogP) is 5.79. The third-order valence-corrected chi connectivity index (χ3v) is 6.92. The van der Waals surface area contributed by atoms with Crippen LogP contribution >= 0.6 is 0 Å². The molecule has 1 aliphatic heterocycles. The maximum Gasteiger partial charge on any atom is 0.343 e. The van der Waals surface area contributed by atoms with E-state index in [1.165, 1.54) is 29.2 Å². The molecule has 1 fully saturated rings. The number of anilines is 1. The number of hydrogen-bond acceptors (Lipinski definition) is 8. The van der Waals surface area contributed by atoms with Crippen LogP contribution in [0.5, 0.6) is 23.0 Å². The summed E-state index contributed by atoms with van der Waals surface area (Å²) >= 11 is 0. The minimum absolute atomic E-state index is 0.0203. The molecule has 1 saturated heterocycles. The molecule has 0 aromatic heterocycles. The van der Waals surface area contributed by atoms with Gasteiger partial charge in [-0.15, -0.1) is 0 Å². The van der Waals surface area contributed by atoms with Gasteiger partial charge in [-0.2, -0.15) is 0 Å². The maximum atomic E-state index is 12.7. The van der Waals surface area contributed by atoms with Crippen molar-refractivity contribution in [3.8, 4) is 23.0 Å². The molecule has 0 saturated carbocycles. The fourth-order valence-electron chi connectivity index (χ4n) is 4.54. The summed E-state index contributed by atoms with van der Waals surface area (Å²) in [6, 6.07) is 27.2. The van der Waals surface area contributed by atoms with Gasteiger partial charge in [0.25, 0.3) is 0 Å². The van der Waals surface area contributed by atoms with Crippen molar-refractivity contribution < 1.29 is 38.1 Å². The van der Waals surface area contributed by atoms with Crippen molar-refractivity contribution in [2.75, 3.05) is 25.2 Å². The van der Waals surface area contributed by atoms with Crippen LogP contribution in [0.1, 0.15) is 32.7 Å². The number of benzene rings is 4. The van der Waals surface area contributed by atoms with E-state index in [1.807, 2.05) is 31.2 Å². The van der Waals surface area contributed by atoms with Gasteiger partial charge in [0.05, 0.1) is 18.6 Å². The van der Waals surface area contributed by atoms with E-state index in [2.05, 4.69) is 0 Å². The number of ether oxygens (including phenoxy) is 4. The summed E-state index contributed by atoms with van der Waals surface area (Å²) in [5.41, 5.74) is 2.35. The third-order valence-electron chi connectivity index (χ3n) is 6.92. The number of carbonyl (C=O) groups excluding carboxylic acids is 4. The van der Waals surface area contributed by atoms with Crippen LogP contribution in [0.15, 0.2) is 97.1 Å². The standard InChI is InChI=1S/C34H29NO8/c1-22-7-9-24(10-8-22)34(39)43-28-15-11-23(12-16-28)29(36)21-41-33(38)25-19-32(37)35(20-25)26-13-17-27(18-14-26)42-31-6-4-3-5-30(31)40-2/h3-18,25H,19-21H2,1-2H3/t25-/m1/s1. The van der Waals surface area contributed by atoms with E-state index >= 15 is 0 Å². The van der Waals surface area contributed by atoms with Gasteiger partial charge >= 0.3 is 11.9 Å². The molecule has 0 spiro atoms. The Hall–Kier alpha value is -5.44. The van der Waals surface area contributed by atoms with Crippen molar-refractivity contribution in [2.45, 2.75) is 13.3 Å². The van der Waals surface area contributed by atoms with Gasteiger partial charge in [-0.1, -0.05) is 29.8 Å². The summed E-state index contributed by atoms with van der Waals surface area (Å²) in [6.07, 6.45) is -0.0203. The highest BCUT2D eigenvalue weighted by molar-refractivity contribution is 6.01. The first-order valence-corrected chi connectivity index (χ1v) is 13.6. The number of nitrogens with zero attached hydrogens (tertiary/aromatic N) is 1. The molecule has 0 N–H and O–H groups in total. The van der Waals surface area contributed by atoms with Crippen molar-refractivity contribution >= 4 is 29.3 Å². The number of carbonyl (C=O) groups is 4. The molecule has 5 rings (SSSR count). The van der Waals surface area contributed by atoms with Crippen LogP contribution in [0, 0.1) is 12.8 Å². The number of Topliss-reactive ketones (excluding diaryl/α,β-unsaturated/α-hetero) is 1. The highest BCUT2D eigenvalue weighted by Crippen LogP contribution is 2.33. The van der Waals surface area contributed by atoms with E-state index < -0.39 is 30.2 Å². The molecule has 0 aliphatic carbocycles. The summed E-state index contributed by atoms with van der Waals surface area (Å²) in [5.74, 6) is -0.473. The molecule has 9 nitrogen and oxygen atoms in total. The zero-order valence-electron chi connectivity index (χ0n) is 23.6. The lowest BCUT2D eigenvalue weighted by Crippen LogP contribution is -2.27. The van der Waals surface area contributed by atoms with Crippen LogP contribution in [0.3, 0.4) is 0 Å². The van der Waals surface area contributed by atoms with Gasteiger partial charge in [0.1, 0.15) is 11.5 Å². The summed E-state index contributed by atoms with van der Waals surface area (Å²) in [4.78, 5) is 51.8. The first-order valence-electron chi connectivity index (χ1n) is 13.6. The molecule has 4 aromatic carbocycles. The van der Waals surface area contributed by atoms with Gasteiger partial charge in [-0.05, 0) is 79.7 Å². The predicted molar refractivity (Wildman–Crippen MR) is 158 cm³/mol. The van der Waals surface area contributed by atoms with Gasteiger partial charge in [0.2, 0.25) is 5.91 Å².